The van der Waals surface area contributed by atoms with Crippen LogP contribution in [0.15, 0.2) is 18.2 Å². The van der Waals surface area contributed by atoms with E-state index in [1.54, 1.807) is 7.11 Å². The van der Waals surface area contributed by atoms with E-state index in [1.165, 1.54) is 0 Å². The van der Waals surface area contributed by atoms with E-state index in [9.17, 15) is 0 Å². The maximum absolute atomic E-state index is 5.93. The van der Waals surface area contributed by atoms with E-state index in [-0.39, 0.29) is 5.41 Å². The maximum atomic E-state index is 5.93. The van der Waals surface area contributed by atoms with Gasteiger partial charge in [-0.2, -0.15) is 0 Å². The summed E-state index contributed by atoms with van der Waals surface area (Å²) in [6.45, 7) is 7.23. The van der Waals surface area contributed by atoms with Gasteiger partial charge in [0.15, 0.2) is 0 Å². The van der Waals surface area contributed by atoms with Crippen LogP contribution in [0.2, 0.25) is 0 Å². The number of ether oxygens (including phenoxy) is 2. The van der Waals surface area contributed by atoms with Crippen molar-refractivity contribution in [3.63, 3.8) is 0 Å². The van der Waals surface area contributed by atoms with Crippen LogP contribution in [-0.4, -0.2) is 25.9 Å². The Morgan fingerprint density at radius 1 is 1.40 bits per heavy atom. The summed E-state index contributed by atoms with van der Waals surface area (Å²) in [5, 5.41) is 3.56. The molecule has 4 nitrogen and oxygen atoms in total. The van der Waals surface area contributed by atoms with Crippen molar-refractivity contribution in [3.05, 3.63) is 18.2 Å². The van der Waals surface area contributed by atoms with Crippen molar-refractivity contribution in [1.82, 2.24) is 0 Å². The Kier molecular flexibility index (Phi) is 4.43. The highest BCUT2D eigenvalue weighted by Gasteiger charge is 2.48. The minimum atomic E-state index is 0.139. The predicted molar refractivity (Wildman–Crippen MR) is 83.2 cm³/mol. The zero-order valence-corrected chi connectivity index (χ0v) is 12.9. The third-order valence-corrected chi connectivity index (χ3v) is 4.28. The van der Waals surface area contributed by atoms with E-state index >= 15 is 0 Å². The molecule has 2 unspecified atom stereocenters. The van der Waals surface area contributed by atoms with E-state index in [0.29, 0.717) is 24.4 Å². The Morgan fingerprint density at radius 2 is 2.15 bits per heavy atom. The van der Waals surface area contributed by atoms with Crippen molar-refractivity contribution >= 4 is 11.4 Å². The van der Waals surface area contributed by atoms with Gasteiger partial charge >= 0.3 is 0 Å². The number of hydrogen-bond donors (Lipinski definition) is 2. The molecule has 0 aliphatic heterocycles. The Hall–Kier alpha value is -1.42. The molecule has 1 aromatic carbocycles. The van der Waals surface area contributed by atoms with Gasteiger partial charge < -0.3 is 20.5 Å². The lowest BCUT2D eigenvalue weighted by atomic mass is 9.64. The van der Waals surface area contributed by atoms with Crippen LogP contribution in [0, 0.1) is 5.41 Å². The molecular weight excluding hydrogens is 252 g/mol. The Labute approximate surface area is 121 Å². The molecule has 112 valence electrons. The summed E-state index contributed by atoms with van der Waals surface area (Å²) in [6.07, 6.45) is 2.32. The molecule has 0 radical (unpaired) electrons. The molecule has 1 aliphatic carbocycles. The van der Waals surface area contributed by atoms with Gasteiger partial charge in [0.25, 0.3) is 0 Å². The monoisotopic (exact) mass is 278 g/mol. The summed E-state index contributed by atoms with van der Waals surface area (Å²) in [7, 11) is 1.78. The Bertz CT molecular complexity index is 460. The SMILES string of the molecule is CCCOc1cc(NC2CC(OC)C2(C)C)ccc1N. The standard InChI is InChI=1S/C16H26N2O2/c1-5-8-20-13-9-11(6-7-12(13)17)18-14-10-15(19-4)16(14,2)3/h6-7,9,14-15,18H,5,8,10,17H2,1-4H3. The maximum Gasteiger partial charge on any atom is 0.144 e. The van der Waals surface area contributed by atoms with Gasteiger partial charge in [0.05, 0.1) is 18.4 Å². The van der Waals surface area contributed by atoms with E-state index in [1.807, 2.05) is 18.2 Å². The summed E-state index contributed by atoms with van der Waals surface area (Å²) in [4.78, 5) is 0. The molecule has 2 atom stereocenters. The first-order valence-electron chi connectivity index (χ1n) is 7.30. The third-order valence-electron chi connectivity index (χ3n) is 4.28. The Balaban J connectivity index is 2.03. The molecule has 1 saturated carbocycles. The fraction of sp³-hybridized carbons (Fsp3) is 0.625. The molecule has 0 aromatic heterocycles. The first kappa shape index (κ1) is 15.0. The molecule has 0 heterocycles. The number of benzene rings is 1. The van der Waals surface area contributed by atoms with Gasteiger partial charge in [-0.1, -0.05) is 20.8 Å². The average molecular weight is 278 g/mol. The van der Waals surface area contributed by atoms with Crippen molar-refractivity contribution in [2.24, 2.45) is 5.41 Å². The number of rotatable bonds is 6. The highest BCUT2D eigenvalue weighted by molar-refractivity contribution is 5.62. The van der Waals surface area contributed by atoms with E-state index < -0.39 is 0 Å². The number of nitrogens with one attached hydrogen (secondary N) is 1. The quantitative estimate of drug-likeness (QED) is 0.784. The van der Waals surface area contributed by atoms with Crippen LogP contribution < -0.4 is 15.8 Å². The van der Waals surface area contributed by atoms with Crippen LogP contribution >= 0.6 is 0 Å². The van der Waals surface area contributed by atoms with Crippen molar-refractivity contribution < 1.29 is 9.47 Å². The molecule has 3 N–H and O–H groups in total. The molecule has 1 aromatic rings. The number of nitrogen functional groups attached to an aromatic ring is 1. The molecule has 0 amide bonds. The number of anilines is 2. The number of methoxy groups -OCH3 is 1. The first-order valence-corrected chi connectivity index (χ1v) is 7.30. The topological polar surface area (TPSA) is 56.5 Å². The fourth-order valence-electron chi connectivity index (χ4n) is 2.69. The van der Waals surface area contributed by atoms with Crippen LogP contribution in [0.4, 0.5) is 11.4 Å². The van der Waals surface area contributed by atoms with Crippen LogP contribution in [0.3, 0.4) is 0 Å². The molecule has 20 heavy (non-hydrogen) atoms. The Morgan fingerprint density at radius 3 is 2.75 bits per heavy atom. The second-order valence-corrected chi connectivity index (χ2v) is 6.08. The zero-order chi connectivity index (χ0) is 14.8. The summed E-state index contributed by atoms with van der Waals surface area (Å²) >= 11 is 0. The highest BCUT2D eigenvalue weighted by Crippen LogP contribution is 2.44. The van der Waals surface area contributed by atoms with Gasteiger partial charge in [-0.15, -0.1) is 0 Å². The number of hydrogen-bond acceptors (Lipinski definition) is 4. The van der Waals surface area contributed by atoms with Crippen LogP contribution in [0.1, 0.15) is 33.6 Å². The minimum absolute atomic E-state index is 0.139. The molecule has 2 rings (SSSR count). The molecule has 1 fully saturated rings. The first-order chi connectivity index (χ1) is 9.48. The molecule has 0 saturated heterocycles. The van der Waals surface area contributed by atoms with Gasteiger partial charge in [0.1, 0.15) is 5.75 Å². The highest BCUT2D eigenvalue weighted by atomic mass is 16.5. The van der Waals surface area contributed by atoms with Crippen LogP contribution in [0.5, 0.6) is 5.75 Å². The zero-order valence-electron chi connectivity index (χ0n) is 12.9. The second kappa shape index (κ2) is 5.92. The van der Waals surface area contributed by atoms with Crippen molar-refractivity contribution in [2.75, 3.05) is 24.8 Å². The van der Waals surface area contributed by atoms with Crippen molar-refractivity contribution in [1.29, 1.82) is 0 Å². The van der Waals surface area contributed by atoms with Crippen LogP contribution in [-0.2, 0) is 4.74 Å². The van der Waals surface area contributed by atoms with Crippen molar-refractivity contribution in [2.45, 2.75) is 45.8 Å². The van der Waals surface area contributed by atoms with E-state index in [2.05, 4.69) is 26.1 Å². The second-order valence-electron chi connectivity index (χ2n) is 6.08. The molecule has 4 heteroatoms. The minimum Gasteiger partial charge on any atom is -0.491 e. The molecular formula is C16H26N2O2. The van der Waals surface area contributed by atoms with Gasteiger partial charge in [0, 0.05) is 30.3 Å². The summed E-state index contributed by atoms with van der Waals surface area (Å²) < 4.78 is 11.1. The van der Waals surface area contributed by atoms with Gasteiger partial charge in [0.2, 0.25) is 0 Å². The summed E-state index contributed by atoms with van der Waals surface area (Å²) in [6, 6.07) is 6.30. The third kappa shape index (κ3) is 2.85. The molecule has 0 spiro atoms. The van der Waals surface area contributed by atoms with E-state index in [0.717, 1.165) is 24.3 Å². The summed E-state index contributed by atoms with van der Waals surface area (Å²) in [5.41, 5.74) is 7.81. The lowest BCUT2D eigenvalue weighted by Gasteiger charge is -2.51. The molecule has 0 bridgehead atoms. The number of nitrogens with two attached hydrogens (primary N) is 1. The lowest BCUT2D eigenvalue weighted by Crippen LogP contribution is -2.57. The molecule has 1 aliphatic rings. The van der Waals surface area contributed by atoms with Gasteiger partial charge in [-0.3, -0.25) is 0 Å². The smallest absolute Gasteiger partial charge is 0.144 e. The van der Waals surface area contributed by atoms with E-state index in [4.69, 9.17) is 15.2 Å². The van der Waals surface area contributed by atoms with Gasteiger partial charge in [-0.25, -0.2) is 0 Å². The summed E-state index contributed by atoms with van der Waals surface area (Å²) in [5.74, 6) is 0.761. The fourth-order valence-corrected chi connectivity index (χ4v) is 2.69. The lowest BCUT2D eigenvalue weighted by molar-refractivity contribution is -0.0794. The average Bonchev–Trinajstić information content (AvgIpc) is 2.43. The predicted octanol–water partition coefficient (Wildman–Crippen LogP) is 3.28. The van der Waals surface area contributed by atoms with Crippen molar-refractivity contribution in [3.8, 4) is 5.75 Å². The van der Waals surface area contributed by atoms with Crippen LogP contribution in [0.25, 0.3) is 0 Å². The largest absolute Gasteiger partial charge is 0.491 e. The van der Waals surface area contributed by atoms with Gasteiger partial charge in [-0.05, 0) is 25.0 Å². The normalized spacial score (nSPS) is 24.0.